The van der Waals surface area contributed by atoms with Crippen LogP contribution in [0, 0.1) is 0 Å². The lowest BCUT2D eigenvalue weighted by atomic mass is 10.1. The van der Waals surface area contributed by atoms with Gasteiger partial charge in [0.1, 0.15) is 17.3 Å². The van der Waals surface area contributed by atoms with Crippen LogP contribution in [-0.4, -0.2) is 10.8 Å². The molecule has 6 heteroatoms. The number of benzene rings is 2. The van der Waals surface area contributed by atoms with E-state index in [9.17, 15) is 4.79 Å². The number of nitrogens with zero attached hydrogens (tertiary/aromatic N) is 1. The maximum Gasteiger partial charge on any atom is 0.144 e. The molecule has 0 unspecified atom stereocenters. The molecule has 0 fully saturated rings. The van der Waals surface area contributed by atoms with Crippen LogP contribution in [0.15, 0.2) is 54.0 Å². The summed E-state index contributed by atoms with van der Waals surface area (Å²) < 4.78 is 5.87. The van der Waals surface area contributed by atoms with Gasteiger partial charge >= 0.3 is 0 Å². The fourth-order valence-electron chi connectivity index (χ4n) is 2.20. The molecule has 2 aromatic carbocycles. The summed E-state index contributed by atoms with van der Waals surface area (Å²) in [6.45, 7) is 0. The summed E-state index contributed by atoms with van der Waals surface area (Å²) in [6.07, 6.45) is 2.32. The normalized spacial score (nSPS) is 10.6. The Balaban J connectivity index is 1.75. The van der Waals surface area contributed by atoms with E-state index in [2.05, 4.69) is 4.98 Å². The third-order valence-electron chi connectivity index (χ3n) is 3.31. The van der Waals surface area contributed by atoms with Crippen LogP contribution in [0.1, 0.15) is 10.6 Å². The van der Waals surface area contributed by atoms with Crippen molar-refractivity contribution in [2.24, 2.45) is 0 Å². The second-order valence-corrected chi connectivity index (χ2v) is 6.90. The molecule has 0 saturated carbocycles. The zero-order valence-corrected chi connectivity index (χ0v) is 14.9. The van der Waals surface area contributed by atoms with Gasteiger partial charge in [-0.1, -0.05) is 41.4 Å². The van der Waals surface area contributed by atoms with E-state index in [4.69, 9.17) is 27.9 Å². The van der Waals surface area contributed by atoms with Crippen molar-refractivity contribution in [3.05, 3.63) is 74.7 Å². The van der Waals surface area contributed by atoms with Crippen molar-refractivity contribution in [2.75, 3.05) is 0 Å². The average Bonchev–Trinajstić information content (AvgIpc) is 3.05. The number of hydrogen-bond donors (Lipinski definition) is 0. The fourth-order valence-corrected chi connectivity index (χ4v) is 3.13. The first-order valence-electron chi connectivity index (χ1n) is 7.22. The largest absolute Gasteiger partial charge is 0.457 e. The van der Waals surface area contributed by atoms with Gasteiger partial charge in [-0.3, -0.25) is 4.79 Å². The lowest BCUT2D eigenvalue weighted by molar-refractivity contribution is -0.117. The van der Waals surface area contributed by atoms with Crippen molar-refractivity contribution >= 4 is 40.3 Å². The van der Waals surface area contributed by atoms with Crippen LogP contribution in [0.25, 0.3) is 0 Å². The quantitative estimate of drug-likeness (QED) is 0.561. The van der Waals surface area contributed by atoms with Gasteiger partial charge in [-0.05, 0) is 18.2 Å². The topological polar surface area (TPSA) is 39.2 Å². The fraction of sp³-hybridized carbons (Fsp3) is 0.111. The highest BCUT2D eigenvalue weighted by molar-refractivity contribution is 7.09. The standard InChI is InChI=1S/C18H13Cl2NO2S/c19-15-6-5-14(11-16(15)20)23-17-4-2-1-3-12(17)9-13(22)10-18-21-7-8-24-18/h1-8,11H,9-10H2. The monoisotopic (exact) mass is 377 g/mol. The van der Waals surface area contributed by atoms with Crippen LogP contribution in [0.4, 0.5) is 0 Å². The van der Waals surface area contributed by atoms with E-state index in [1.807, 2.05) is 29.6 Å². The first kappa shape index (κ1) is 17.0. The Kier molecular flexibility index (Phi) is 5.51. The number of ether oxygens (including phenoxy) is 1. The Bertz CT molecular complexity index is 850. The predicted molar refractivity (Wildman–Crippen MR) is 97.5 cm³/mol. The zero-order chi connectivity index (χ0) is 16.9. The molecule has 24 heavy (non-hydrogen) atoms. The molecule has 0 atom stereocenters. The van der Waals surface area contributed by atoms with Gasteiger partial charge in [0.2, 0.25) is 0 Å². The minimum atomic E-state index is 0.0927. The van der Waals surface area contributed by atoms with Crippen LogP contribution in [0.3, 0.4) is 0 Å². The number of Topliss-reactive ketones (excluding diaryl/α,β-unsaturated/α-hetero) is 1. The lowest BCUT2D eigenvalue weighted by Gasteiger charge is -2.11. The molecule has 1 heterocycles. The van der Waals surface area contributed by atoms with E-state index < -0.39 is 0 Å². The highest BCUT2D eigenvalue weighted by Gasteiger charge is 2.12. The SMILES string of the molecule is O=C(Cc1nccs1)Cc1ccccc1Oc1ccc(Cl)c(Cl)c1. The number of ketones is 1. The summed E-state index contributed by atoms with van der Waals surface area (Å²) in [7, 11) is 0. The number of hydrogen-bond acceptors (Lipinski definition) is 4. The van der Waals surface area contributed by atoms with Crippen molar-refractivity contribution in [3.63, 3.8) is 0 Å². The predicted octanol–water partition coefficient (Wildman–Crippen LogP) is 5.60. The van der Waals surface area contributed by atoms with Gasteiger partial charge in [0.15, 0.2) is 0 Å². The van der Waals surface area contributed by atoms with Crippen molar-refractivity contribution < 1.29 is 9.53 Å². The Hall–Kier alpha value is -1.88. The molecule has 1 aromatic heterocycles. The smallest absolute Gasteiger partial charge is 0.144 e. The van der Waals surface area contributed by atoms with Crippen molar-refractivity contribution in [1.82, 2.24) is 4.98 Å². The highest BCUT2D eigenvalue weighted by atomic mass is 35.5. The molecule has 122 valence electrons. The molecule has 0 aliphatic heterocycles. The number of carbonyl (C=O) groups excluding carboxylic acids is 1. The Morgan fingerprint density at radius 1 is 1.08 bits per heavy atom. The number of thiazole rings is 1. The van der Waals surface area contributed by atoms with E-state index in [0.29, 0.717) is 28.0 Å². The maximum absolute atomic E-state index is 12.3. The van der Waals surface area contributed by atoms with Gasteiger partial charge in [0, 0.05) is 29.6 Å². The van der Waals surface area contributed by atoms with Gasteiger partial charge in [-0.15, -0.1) is 11.3 Å². The van der Waals surface area contributed by atoms with Gasteiger partial charge in [0.25, 0.3) is 0 Å². The van der Waals surface area contributed by atoms with Gasteiger partial charge < -0.3 is 4.74 Å². The molecule has 0 radical (unpaired) electrons. The van der Waals surface area contributed by atoms with Crippen LogP contribution >= 0.6 is 34.5 Å². The summed E-state index contributed by atoms with van der Waals surface area (Å²) >= 11 is 13.4. The molecule has 0 N–H and O–H groups in total. The summed E-state index contributed by atoms with van der Waals surface area (Å²) in [4.78, 5) is 16.4. The maximum atomic E-state index is 12.3. The highest BCUT2D eigenvalue weighted by Crippen LogP contribution is 2.31. The number of carbonyl (C=O) groups is 1. The second-order valence-electron chi connectivity index (χ2n) is 5.10. The zero-order valence-electron chi connectivity index (χ0n) is 12.5. The lowest BCUT2D eigenvalue weighted by Crippen LogP contribution is -2.07. The number of aromatic nitrogens is 1. The molecule has 0 amide bonds. The summed E-state index contributed by atoms with van der Waals surface area (Å²) in [6, 6.07) is 12.5. The summed E-state index contributed by atoms with van der Waals surface area (Å²) in [5.41, 5.74) is 0.824. The summed E-state index contributed by atoms with van der Waals surface area (Å²) in [5, 5.41) is 3.58. The van der Waals surface area contributed by atoms with E-state index in [0.717, 1.165) is 10.6 Å². The number of para-hydroxylation sites is 1. The van der Waals surface area contributed by atoms with Gasteiger partial charge in [-0.2, -0.15) is 0 Å². The molecule has 0 aliphatic rings. The number of rotatable bonds is 6. The molecular formula is C18H13Cl2NO2S. The van der Waals surface area contributed by atoms with Crippen LogP contribution in [-0.2, 0) is 17.6 Å². The van der Waals surface area contributed by atoms with E-state index in [1.54, 1.807) is 24.4 Å². The van der Waals surface area contributed by atoms with Crippen molar-refractivity contribution in [3.8, 4) is 11.5 Å². The molecular weight excluding hydrogens is 365 g/mol. The van der Waals surface area contributed by atoms with Crippen LogP contribution in [0.2, 0.25) is 10.0 Å². The van der Waals surface area contributed by atoms with Crippen molar-refractivity contribution in [2.45, 2.75) is 12.8 Å². The third kappa shape index (κ3) is 4.35. The molecule has 3 rings (SSSR count). The Morgan fingerprint density at radius 3 is 2.67 bits per heavy atom. The number of halogens is 2. The second kappa shape index (κ2) is 7.79. The van der Waals surface area contributed by atoms with Crippen molar-refractivity contribution in [1.29, 1.82) is 0 Å². The molecule has 0 bridgehead atoms. The molecule has 0 saturated heterocycles. The van der Waals surface area contributed by atoms with E-state index in [1.165, 1.54) is 11.3 Å². The molecule has 3 aromatic rings. The molecule has 0 spiro atoms. The first-order valence-corrected chi connectivity index (χ1v) is 8.86. The van der Waals surface area contributed by atoms with Crippen LogP contribution in [0.5, 0.6) is 11.5 Å². The minimum Gasteiger partial charge on any atom is -0.457 e. The molecule has 0 aliphatic carbocycles. The third-order valence-corrected chi connectivity index (χ3v) is 4.83. The van der Waals surface area contributed by atoms with E-state index >= 15 is 0 Å². The van der Waals surface area contributed by atoms with Crippen LogP contribution < -0.4 is 4.74 Å². The molecule has 3 nitrogen and oxygen atoms in total. The average molecular weight is 378 g/mol. The Morgan fingerprint density at radius 2 is 1.92 bits per heavy atom. The van der Waals surface area contributed by atoms with E-state index in [-0.39, 0.29) is 12.2 Å². The Labute approximate surface area is 153 Å². The van der Waals surface area contributed by atoms with Gasteiger partial charge in [-0.25, -0.2) is 4.98 Å². The summed E-state index contributed by atoms with van der Waals surface area (Å²) in [5.74, 6) is 1.29. The minimum absolute atomic E-state index is 0.0927. The van der Waals surface area contributed by atoms with Gasteiger partial charge in [0.05, 0.1) is 21.5 Å². The first-order chi connectivity index (χ1) is 11.6.